The van der Waals surface area contributed by atoms with E-state index >= 15 is 0 Å². The molecule has 0 amide bonds. The topological polar surface area (TPSA) is 80.2 Å². The number of rotatable bonds is 4. The Hall–Kier alpha value is -2.08. The molecule has 6 nitrogen and oxygen atoms in total. The smallest absolute Gasteiger partial charge is 0.148 e. The summed E-state index contributed by atoms with van der Waals surface area (Å²) in [7, 11) is 1.98. The average molecular weight is 289 g/mol. The minimum atomic E-state index is -0.153. The molecule has 0 radical (unpaired) electrons. The van der Waals surface area contributed by atoms with Gasteiger partial charge in [-0.15, -0.1) is 0 Å². The van der Waals surface area contributed by atoms with Crippen molar-refractivity contribution in [3.05, 3.63) is 35.5 Å². The quantitative estimate of drug-likeness (QED) is 0.665. The Bertz CT molecular complexity index is 601. The molecule has 0 saturated heterocycles. The van der Waals surface area contributed by atoms with Crippen LogP contribution in [0, 0.1) is 6.92 Å². The lowest BCUT2D eigenvalue weighted by atomic mass is 9.95. The van der Waals surface area contributed by atoms with E-state index in [0.717, 1.165) is 23.0 Å². The third-order valence-electron chi connectivity index (χ3n) is 3.26. The van der Waals surface area contributed by atoms with Crippen molar-refractivity contribution in [3.63, 3.8) is 0 Å². The van der Waals surface area contributed by atoms with E-state index in [2.05, 4.69) is 31.2 Å². The molecule has 0 unspecified atom stereocenters. The average Bonchev–Trinajstić information content (AvgIpc) is 2.90. The number of nitrogens with two attached hydrogens (primary N) is 1. The second kappa shape index (κ2) is 5.73. The summed E-state index contributed by atoms with van der Waals surface area (Å²) in [4.78, 5) is 11.2. The summed E-state index contributed by atoms with van der Waals surface area (Å²) < 4.78 is 5.39. The zero-order valence-corrected chi connectivity index (χ0v) is 13.3. The van der Waals surface area contributed by atoms with Gasteiger partial charge in [0.25, 0.3) is 0 Å². The number of anilines is 2. The lowest BCUT2D eigenvalue weighted by Crippen LogP contribution is -2.25. The summed E-state index contributed by atoms with van der Waals surface area (Å²) in [6.45, 7) is 8.82. The molecule has 0 aliphatic heterocycles. The molecule has 0 bridgehead atoms. The Morgan fingerprint density at radius 3 is 2.57 bits per heavy atom. The molecular formula is C15H23N5O. The number of aromatic nitrogens is 2. The highest BCUT2D eigenvalue weighted by atomic mass is 16.3. The summed E-state index contributed by atoms with van der Waals surface area (Å²) >= 11 is 0. The van der Waals surface area contributed by atoms with Crippen LogP contribution in [0.25, 0.3) is 0 Å². The number of hydrogen-bond donors (Lipinski definition) is 2. The highest BCUT2D eigenvalue weighted by Gasteiger charge is 2.22. The molecule has 2 rings (SSSR count). The molecule has 114 valence electrons. The largest absolute Gasteiger partial charge is 0.467 e. The Morgan fingerprint density at radius 2 is 2.05 bits per heavy atom. The highest BCUT2D eigenvalue weighted by Crippen LogP contribution is 2.28. The van der Waals surface area contributed by atoms with Crippen LogP contribution in [0.15, 0.2) is 22.8 Å². The van der Waals surface area contributed by atoms with Gasteiger partial charge < -0.3 is 14.7 Å². The number of furan rings is 1. The van der Waals surface area contributed by atoms with E-state index < -0.39 is 0 Å². The van der Waals surface area contributed by atoms with Crippen LogP contribution >= 0.6 is 0 Å². The van der Waals surface area contributed by atoms with Crippen molar-refractivity contribution in [1.82, 2.24) is 9.97 Å². The Kier molecular flexibility index (Phi) is 4.18. The number of nitrogens with zero attached hydrogens (tertiary/aromatic N) is 3. The van der Waals surface area contributed by atoms with Crippen molar-refractivity contribution in [2.75, 3.05) is 17.4 Å². The van der Waals surface area contributed by atoms with Gasteiger partial charge in [-0.05, 0) is 19.1 Å². The fourth-order valence-electron chi connectivity index (χ4n) is 2.06. The number of nitrogen functional groups attached to an aromatic ring is 1. The Balaban J connectivity index is 2.41. The molecular weight excluding hydrogens is 266 g/mol. The van der Waals surface area contributed by atoms with Crippen molar-refractivity contribution in [1.29, 1.82) is 0 Å². The van der Waals surface area contributed by atoms with Crippen molar-refractivity contribution >= 4 is 11.6 Å². The third-order valence-corrected chi connectivity index (χ3v) is 3.26. The lowest BCUT2D eigenvalue weighted by molar-refractivity contribution is 0.505. The molecule has 0 atom stereocenters. The van der Waals surface area contributed by atoms with Crippen LogP contribution in [-0.2, 0) is 12.0 Å². The number of hydrazine groups is 1. The van der Waals surface area contributed by atoms with E-state index in [4.69, 9.17) is 15.2 Å². The predicted octanol–water partition coefficient (Wildman–Crippen LogP) is 2.60. The summed E-state index contributed by atoms with van der Waals surface area (Å²) in [6.07, 6.45) is 1.67. The predicted molar refractivity (Wildman–Crippen MR) is 84.1 cm³/mol. The summed E-state index contributed by atoms with van der Waals surface area (Å²) in [6, 6.07) is 3.82. The number of hydrogen-bond acceptors (Lipinski definition) is 6. The van der Waals surface area contributed by atoms with Gasteiger partial charge in [0.15, 0.2) is 0 Å². The van der Waals surface area contributed by atoms with Crippen LogP contribution in [0.5, 0.6) is 0 Å². The maximum atomic E-state index is 5.59. The Labute approximate surface area is 125 Å². The van der Waals surface area contributed by atoms with E-state index in [1.807, 2.05) is 31.0 Å². The van der Waals surface area contributed by atoms with Crippen LogP contribution < -0.4 is 16.2 Å². The van der Waals surface area contributed by atoms with Crippen molar-refractivity contribution in [2.24, 2.45) is 5.84 Å². The number of nitrogens with one attached hydrogen (secondary N) is 1. The van der Waals surface area contributed by atoms with Gasteiger partial charge >= 0.3 is 0 Å². The van der Waals surface area contributed by atoms with Crippen molar-refractivity contribution in [3.8, 4) is 0 Å². The van der Waals surface area contributed by atoms with Crippen LogP contribution in [0.3, 0.4) is 0 Å². The van der Waals surface area contributed by atoms with E-state index in [0.29, 0.717) is 12.4 Å². The molecule has 3 N–H and O–H groups in total. The van der Waals surface area contributed by atoms with Crippen LogP contribution in [0.4, 0.5) is 11.6 Å². The van der Waals surface area contributed by atoms with E-state index in [1.54, 1.807) is 6.26 Å². The first-order valence-corrected chi connectivity index (χ1v) is 6.92. The first kappa shape index (κ1) is 15.3. The molecule has 21 heavy (non-hydrogen) atoms. The lowest BCUT2D eigenvalue weighted by Gasteiger charge is -2.24. The van der Waals surface area contributed by atoms with Gasteiger partial charge in [0.2, 0.25) is 0 Å². The highest BCUT2D eigenvalue weighted by molar-refractivity contribution is 5.58. The first-order chi connectivity index (χ1) is 9.82. The third kappa shape index (κ3) is 3.33. The van der Waals surface area contributed by atoms with E-state index in [-0.39, 0.29) is 5.41 Å². The second-order valence-electron chi connectivity index (χ2n) is 6.17. The minimum absolute atomic E-state index is 0.153. The van der Waals surface area contributed by atoms with Gasteiger partial charge in [-0.1, -0.05) is 20.8 Å². The van der Waals surface area contributed by atoms with E-state index in [9.17, 15) is 0 Å². The van der Waals surface area contributed by atoms with Crippen LogP contribution in [0.2, 0.25) is 0 Å². The zero-order chi connectivity index (χ0) is 15.6. The molecule has 0 aliphatic rings. The van der Waals surface area contributed by atoms with Crippen molar-refractivity contribution in [2.45, 2.75) is 39.7 Å². The maximum Gasteiger partial charge on any atom is 0.148 e. The SMILES string of the molecule is Cc1c(NN)nc(C(C)(C)C)nc1N(C)Cc1ccco1. The van der Waals surface area contributed by atoms with E-state index in [1.165, 1.54) is 0 Å². The minimum Gasteiger partial charge on any atom is -0.467 e. The molecule has 2 aromatic heterocycles. The summed E-state index contributed by atoms with van der Waals surface area (Å²) in [5.74, 6) is 8.72. The normalized spacial score (nSPS) is 11.5. The molecule has 0 aliphatic carbocycles. The molecule has 2 aromatic rings. The van der Waals surface area contributed by atoms with Gasteiger partial charge in [0.05, 0.1) is 12.8 Å². The molecule has 6 heteroatoms. The zero-order valence-electron chi connectivity index (χ0n) is 13.3. The standard InChI is InChI=1S/C15H23N5O/c1-10-12(19-16)17-14(15(2,3)4)18-13(10)20(5)9-11-7-6-8-21-11/h6-8H,9,16H2,1-5H3,(H,17,18,19). The molecule has 0 aromatic carbocycles. The monoisotopic (exact) mass is 289 g/mol. The fourth-order valence-corrected chi connectivity index (χ4v) is 2.06. The van der Waals surface area contributed by atoms with Gasteiger partial charge in [-0.2, -0.15) is 0 Å². The maximum absolute atomic E-state index is 5.59. The van der Waals surface area contributed by atoms with Gasteiger partial charge in [0, 0.05) is 18.0 Å². The first-order valence-electron chi connectivity index (χ1n) is 6.92. The second-order valence-corrected chi connectivity index (χ2v) is 6.17. The van der Waals surface area contributed by atoms with Crippen molar-refractivity contribution < 1.29 is 4.42 Å². The van der Waals surface area contributed by atoms with Crippen LogP contribution in [-0.4, -0.2) is 17.0 Å². The van der Waals surface area contributed by atoms with Gasteiger partial charge in [0.1, 0.15) is 23.2 Å². The van der Waals surface area contributed by atoms with Gasteiger partial charge in [-0.25, -0.2) is 15.8 Å². The van der Waals surface area contributed by atoms with Gasteiger partial charge in [-0.3, -0.25) is 0 Å². The fraction of sp³-hybridized carbons (Fsp3) is 0.467. The molecule has 0 fully saturated rings. The molecule has 2 heterocycles. The molecule has 0 spiro atoms. The Morgan fingerprint density at radius 1 is 1.33 bits per heavy atom. The molecule has 0 saturated carbocycles. The summed E-state index contributed by atoms with van der Waals surface area (Å²) in [5, 5.41) is 0. The van der Waals surface area contributed by atoms with Crippen LogP contribution in [0.1, 0.15) is 37.9 Å². The summed E-state index contributed by atoms with van der Waals surface area (Å²) in [5.41, 5.74) is 3.42.